The van der Waals surface area contributed by atoms with Crippen LogP contribution in [0.5, 0.6) is 0 Å². The molecule has 1 aliphatic rings. The molecule has 2 nitrogen and oxygen atoms in total. The maximum atomic E-state index is 12.1. The molecule has 0 amide bonds. The fraction of sp³-hybridized carbons (Fsp3) is 0.500. The van der Waals surface area contributed by atoms with Crippen molar-refractivity contribution in [2.45, 2.75) is 18.6 Å². The van der Waals surface area contributed by atoms with Crippen LogP contribution in [0, 0.1) is 0 Å². The molecule has 1 saturated heterocycles. The monoisotopic (exact) mass is 249 g/mol. The standard InChI is InChI=1S/C14H19NOS/c1-14(2)11-15(8-9-17-14)10-13(16)12-6-4-3-5-7-12/h3-7H,8-11H2,1-2H3. The zero-order valence-electron chi connectivity index (χ0n) is 10.5. The van der Waals surface area contributed by atoms with E-state index in [9.17, 15) is 4.79 Å². The van der Waals surface area contributed by atoms with E-state index >= 15 is 0 Å². The van der Waals surface area contributed by atoms with Crippen LogP contribution in [0.1, 0.15) is 24.2 Å². The van der Waals surface area contributed by atoms with Crippen molar-refractivity contribution in [2.75, 3.05) is 25.4 Å². The summed E-state index contributed by atoms with van der Waals surface area (Å²) in [7, 11) is 0. The van der Waals surface area contributed by atoms with Crippen LogP contribution in [0.15, 0.2) is 30.3 Å². The number of benzene rings is 1. The molecule has 3 heteroatoms. The lowest BCUT2D eigenvalue weighted by Crippen LogP contribution is -2.45. The normalized spacial score (nSPS) is 20.1. The third-order valence-electron chi connectivity index (χ3n) is 2.97. The molecule has 1 aromatic carbocycles. The predicted octanol–water partition coefficient (Wildman–Crippen LogP) is 2.70. The number of hydrogen-bond acceptors (Lipinski definition) is 3. The van der Waals surface area contributed by atoms with Crippen LogP contribution >= 0.6 is 11.8 Å². The Morgan fingerprint density at radius 2 is 2.06 bits per heavy atom. The molecular weight excluding hydrogens is 230 g/mol. The Bertz CT molecular complexity index is 388. The molecule has 0 unspecified atom stereocenters. The molecule has 0 bridgehead atoms. The summed E-state index contributed by atoms with van der Waals surface area (Å²) < 4.78 is 0.273. The Kier molecular flexibility index (Phi) is 3.89. The molecule has 1 aliphatic heterocycles. The summed E-state index contributed by atoms with van der Waals surface area (Å²) in [4.78, 5) is 14.3. The minimum absolute atomic E-state index is 0.230. The SMILES string of the molecule is CC1(C)CN(CC(=O)c2ccccc2)CCS1. The van der Waals surface area contributed by atoms with Gasteiger partial charge in [0.25, 0.3) is 0 Å². The smallest absolute Gasteiger partial charge is 0.176 e. The minimum Gasteiger partial charge on any atom is -0.294 e. The highest BCUT2D eigenvalue weighted by atomic mass is 32.2. The zero-order valence-corrected chi connectivity index (χ0v) is 11.3. The Hall–Kier alpha value is -0.800. The van der Waals surface area contributed by atoms with Crippen LogP contribution in [0.4, 0.5) is 0 Å². The molecule has 1 heterocycles. The average molecular weight is 249 g/mol. The quantitative estimate of drug-likeness (QED) is 0.768. The van der Waals surface area contributed by atoms with Gasteiger partial charge in [0.15, 0.2) is 5.78 Å². The van der Waals surface area contributed by atoms with Gasteiger partial charge in [0, 0.05) is 29.2 Å². The van der Waals surface area contributed by atoms with Gasteiger partial charge in [0.1, 0.15) is 0 Å². The van der Waals surface area contributed by atoms with E-state index in [1.807, 2.05) is 42.1 Å². The van der Waals surface area contributed by atoms with Gasteiger partial charge in [-0.2, -0.15) is 11.8 Å². The molecule has 0 saturated carbocycles. The van der Waals surface area contributed by atoms with E-state index < -0.39 is 0 Å². The minimum atomic E-state index is 0.230. The molecule has 0 N–H and O–H groups in total. The highest BCUT2D eigenvalue weighted by Crippen LogP contribution is 2.29. The Labute approximate surface area is 107 Å². The second-order valence-electron chi connectivity index (χ2n) is 5.11. The summed E-state index contributed by atoms with van der Waals surface area (Å²) in [6.45, 7) is 7.06. The van der Waals surface area contributed by atoms with Crippen LogP contribution < -0.4 is 0 Å². The van der Waals surface area contributed by atoms with E-state index in [0.717, 1.165) is 24.4 Å². The molecule has 1 aromatic rings. The van der Waals surface area contributed by atoms with Gasteiger partial charge in [-0.05, 0) is 13.8 Å². The van der Waals surface area contributed by atoms with E-state index in [0.29, 0.717) is 6.54 Å². The molecule has 0 radical (unpaired) electrons. The Morgan fingerprint density at radius 3 is 2.71 bits per heavy atom. The first-order chi connectivity index (χ1) is 8.07. The lowest BCUT2D eigenvalue weighted by Gasteiger charge is -2.37. The molecule has 1 fully saturated rings. The summed E-state index contributed by atoms with van der Waals surface area (Å²) in [6.07, 6.45) is 0. The number of thioether (sulfide) groups is 1. The molecule has 92 valence electrons. The topological polar surface area (TPSA) is 20.3 Å². The summed E-state index contributed by atoms with van der Waals surface area (Å²) in [6, 6.07) is 9.57. The molecule has 0 aromatic heterocycles. The average Bonchev–Trinajstić information content (AvgIpc) is 2.29. The number of rotatable bonds is 3. The summed E-state index contributed by atoms with van der Waals surface area (Å²) in [5.41, 5.74) is 0.823. The van der Waals surface area contributed by atoms with E-state index in [1.54, 1.807) is 0 Å². The van der Waals surface area contributed by atoms with Crippen LogP contribution in [0.3, 0.4) is 0 Å². The van der Waals surface area contributed by atoms with E-state index in [2.05, 4.69) is 18.7 Å². The lowest BCUT2D eigenvalue weighted by molar-refractivity contribution is 0.0927. The highest BCUT2D eigenvalue weighted by molar-refractivity contribution is 8.00. The van der Waals surface area contributed by atoms with E-state index in [-0.39, 0.29) is 10.5 Å². The number of hydrogen-bond donors (Lipinski definition) is 0. The van der Waals surface area contributed by atoms with Gasteiger partial charge in [0.05, 0.1) is 6.54 Å². The predicted molar refractivity (Wildman–Crippen MR) is 73.7 cm³/mol. The second kappa shape index (κ2) is 5.23. The van der Waals surface area contributed by atoms with E-state index in [1.165, 1.54) is 0 Å². The van der Waals surface area contributed by atoms with Crippen molar-refractivity contribution in [1.82, 2.24) is 4.90 Å². The van der Waals surface area contributed by atoms with Gasteiger partial charge in [-0.15, -0.1) is 0 Å². The molecule has 2 rings (SSSR count). The molecule has 0 spiro atoms. The van der Waals surface area contributed by atoms with Crippen LogP contribution in [0.2, 0.25) is 0 Å². The zero-order chi connectivity index (χ0) is 12.3. The molecule has 0 atom stereocenters. The largest absolute Gasteiger partial charge is 0.294 e. The Balaban J connectivity index is 1.95. The van der Waals surface area contributed by atoms with Crippen molar-refractivity contribution in [3.05, 3.63) is 35.9 Å². The van der Waals surface area contributed by atoms with Gasteiger partial charge < -0.3 is 0 Å². The first kappa shape index (κ1) is 12.7. The summed E-state index contributed by atoms with van der Waals surface area (Å²) >= 11 is 1.99. The first-order valence-electron chi connectivity index (χ1n) is 6.01. The maximum absolute atomic E-state index is 12.1. The highest BCUT2D eigenvalue weighted by Gasteiger charge is 2.27. The molecule has 0 aliphatic carbocycles. The summed E-state index contributed by atoms with van der Waals surface area (Å²) in [5.74, 6) is 1.35. The maximum Gasteiger partial charge on any atom is 0.176 e. The molecule has 17 heavy (non-hydrogen) atoms. The van der Waals surface area contributed by atoms with Crippen LogP contribution in [-0.2, 0) is 0 Å². The number of carbonyl (C=O) groups is 1. The van der Waals surface area contributed by atoms with Crippen LogP contribution in [-0.4, -0.2) is 40.8 Å². The first-order valence-corrected chi connectivity index (χ1v) is 7.00. The van der Waals surface area contributed by atoms with Crippen molar-refractivity contribution in [2.24, 2.45) is 0 Å². The summed E-state index contributed by atoms with van der Waals surface area (Å²) in [5, 5.41) is 0. The third kappa shape index (κ3) is 3.58. The number of Topliss-reactive ketones (excluding diaryl/α,β-unsaturated/α-hetero) is 1. The Morgan fingerprint density at radius 1 is 1.35 bits per heavy atom. The van der Waals surface area contributed by atoms with Gasteiger partial charge >= 0.3 is 0 Å². The van der Waals surface area contributed by atoms with Crippen molar-refractivity contribution < 1.29 is 4.79 Å². The van der Waals surface area contributed by atoms with Crippen molar-refractivity contribution in [1.29, 1.82) is 0 Å². The fourth-order valence-corrected chi connectivity index (χ4v) is 3.34. The fourth-order valence-electron chi connectivity index (χ4n) is 2.17. The second-order valence-corrected chi connectivity index (χ2v) is 6.91. The van der Waals surface area contributed by atoms with Gasteiger partial charge in [-0.25, -0.2) is 0 Å². The number of nitrogens with zero attached hydrogens (tertiary/aromatic N) is 1. The van der Waals surface area contributed by atoms with Gasteiger partial charge in [0.2, 0.25) is 0 Å². The van der Waals surface area contributed by atoms with Crippen molar-refractivity contribution in [3.63, 3.8) is 0 Å². The van der Waals surface area contributed by atoms with Gasteiger partial charge in [-0.3, -0.25) is 9.69 Å². The third-order valence-corrected chi connectivity index (χ3v) is 4.26. The number of carbonyl (C=O) groups excluding carboxylic acids is 1. The van der Waals surface area contributed by atoms with Crippen LogP contribution in [0.25, 0.3) is 0 Å². The molecular formula is C14H19NOS. The van der Waals surface area contributed by atoms with Crippen molar-refractivity contribution >= 4 is 17.5 Å². The van der Waals surface area contributed by atoms with Crippen molar-refractivity contribution in [3.8, 4) is 0 Å². The number of ketones is 1. The van der Waals surface area contributed by atoms with E-state index in [4.69, 9.17) is 0 Å². The van der Waals surface area contributed by atoms with Gasteiger partial charge in [-0.1, -0.05) is 30.3 Å². The lowest BCUT2D eigenvalue weighted by atomic mass is 10.1.